The van der Waals surface area contributed by atoms with E-state index in [-0.39, 0.29) is 40.7 Å². The molecule has 230 valence electrons. The lowest BCUT2D eigenvalue weighted by molar-refractivity contribution is -0.154. The van der Waals surface area contributed by atoms with Crippen LogP contribution in [0.5, 0.6) is 5.75 Å². The van der Waals surface area contributed by atoms with Crippen molar-refractivity contribution in [2.45, 2.75) is 85.6 Å². The summed E-state index contributed by atoms with van der Waals surface area (Å²) in [6.07, 6.45) is -1.10. The van der Waals surface area contributed by atoms with Gasteiger partial charge in [0, 0.05) is 25.1 Å². The van der Waals surface area contributed by atoms with Crippen LogP contribution in [0.1, 0.15) is 75.9 Å². The number of hydrogen-bond donors (Lipinski definition) is 1. The molecule has 0 saturated heterocycles. The van der Waals surface area contributed by atoms with Crippen LogP contribution in [0.15, 0.2) is 18.2 Å². The average molecular weight is 628 g/mol. The van der Waals surface area contributed by atoms with Crippen LogP contribution in [0.4, 0.5) is 22.0 Å². The first kappa shape index (κ1) is 34.7. The number of nitrogens with zero attached hydrogens (tertiary/aromatic N) is 2. The van der Waals surface area contributed by atoms with Crippen molar-refractivity contribution in [2.75, 3.05) is 6.54 Å². The first-order valence-corrected chi connectivity index (χ1v) is 14.3. The molecular weight excluding hydrogens is 593 g/mol. The Kier molecular flexibility index (Phi) is 12.8. The molecular formula is C27H35ClF5N3O4S. The van der Waals surface area contributed by atoms with Gasteiger partial charge in [-0.15, -0.1) is 0 Å². The van der Waals surface area contributed by atoms with Gasteiger partial charge in [-0.2, -0.15) is 35.5 Å². The van der Waals surface area contributed by atoms with Crippen molar-refractivity contribution in [3.63, 3.8) is 0 Å². The van der Waals surface area contributed by atoms with Gasteiger partial charge in [-0.1, -0.05) is 51.3 Å². The number of alkyl halides is 5. The number of benzene rings is 1. The number of aryl methyl sites for hydroxylation is 1. The number of carbonyl (C=O) groups excluding carboxylic acids is 1. The third-order valence-corrected chi connectivity index (χ3v) is 7.33. The van der Waals surface area contributed by atoms with Crippen molar-refractivity contribution >= 4 is 29.1 Å². The molecule has 1 aliphatic carbocycles. The van der Waals surface area contributed by atoms with Crippen LogP contribution in [0.2, 0.25) is 5.02 Å². The highest BCUT2D eigenvalue weighted by Gasteiger charge is 2.36. The second-order valence-corrected chi connectivity index (χ2v) is 11.6. The van der Waals surface area contributed by atoms with E-state index >= 15 is 0 Å². The number of ether oxygens (including phenoxy) is 1. The van der Waals surface area contributed by atoms with Gasteiger partial charge in [-0.25, -0.2) is 0 Å². The van der Waals surface area contributed by atoms with Crippen molar-refractivity contribution in [1.82, 2.24) is 15.1 Å². The van der Waals surface area contributed by atoms with Gasteiger partial charge in [0.1, 0.15) is 5.75 Å². The third kappa shape index (κ3) is 10.7. The van der Waals surface area contributed by atoms with Crippen molar-refractivity contribution < 1.29 is 39.9 Å². The summed E-state index contributed by atoms with van der Waals surface area (Å²) in [7, 11) is 0. The van der Waals surface area contributed by atoms with Gasteiger partial charge in [0.25, 0.3) is 5.91 Å². The molecule has 7 nitrogen and oxygen atoms in total. The molecule has 2 aromatic rings. The molecule has 0 aliphatic heterocycles. The molecule has 1 amide bonds. The monoisotopic (exact) mass is 627 g/mol. The highest BCUT2D eigenvalue weighted by Crippen LogP contribution is 2.41. The Hall–Kier alpha value is -2.54. The van der Waals surface area contributed by atoms with Crippen LogP contribution in [0.3, 0.4) is 0 Å². The topological polar surface area (TPSA) is 90.3 Å². The second kappa shape index (κ2) is 15.1. The highest BCUT2D eigenvalue weighted by molar-refractivity contribution is 7.51. The molecule has 0 spiro atoms. The van der Waals surface area contributed by atoms with Crippen LogP contribution in [-0.2, 0) is 24.5 Å². The minimum absolute atomic E-state index is 0.00844. The molecule has 1 aliphatic rings. The standard InChI is InChI=1S/C27H35ClF5N3O2.O2S/c1-5-36-23(21(28)22(35-36)24(37)34-14-17-8-6-16(2)7-9-17)19-11-10-18(12-20(19)38-25(29)30)13-26(3,4)15-27(31,32)33;1-3-2/h10-12,16-17,25H,5-9,13-15H2,1-4H3,(H,34,37);. The lowest BCUT2D eigenvalue weighted by Crippen LogP contribution is -2.31. The van der Waals surface area contributed by atoms with Crippen LogP contribution in [0.25, 0.3) is 11.3 Å². The maximum atomic E-state index is 13.3. The Bertz CT molecular complexity index is 1210. The first-order chi connectivity index (χ1) is 19.1. The van der Waals surface area contributed by atoms with Crippen LogP contribution in [0, 0.1) is 17.3 Å². The maximum absolute atomic E-state index is 13.3. The fraction of sp³-hybridized carbons (Fsp3) is 0.630. The van der Waals surface area contributed by atoms with Crippen LogP contribution in [-0.4, -0.2) is 43.4 Å². The van der Waals surface area contributed by atoms with Crippen molar-refractivity contribution in [2.24, 2.45) is 17.3 Å². The van der Waals surface area contributed by atoms with E-state index in [1.165, 1.54) is 30.7 Å². The Labute approximate surface area is 244 Å². The lowest BCUT2D eigenvalue weighted by Gasteiger charge is -2.26. The summed E-state index contributed by atoms with van der Waals surface area (Å²) >= 11 is 5.84. The zero-order valence-corrected chi connectivity index (χ0v) is 24.9. The number of nitrogens with one attached hydrogen (secondary N) is 1. The van der Waals surface area contributed by atoms with E-state index in [1.54, 1.807) is 13.0 Å². The molecule has 0 atom stereocenters. The molecule has 0 bridgehead atoms. The molecule has 0 radical (unpaired) electrons. The minimum atomic E-state index is -4.36. The van der Waals surface area contributed by atoms with Crippen LogP contribution < -0.4 is 10.1 Å². The third-order valence-electron chi connectivity index (χ3n) is 6.97. The molecule has 0 unspecified atom stereocenters. The fourth-order valence-electron chi connectivity index (χ4n) is 5.15. The summed E-state index contributed by atoms with van der Waals surface area (Å²) < 4.78 is 88.4. The molecule has 14 heteroatoms. The van der Waals surface area contributed by atoms with E-state index in [4.69, 9.17) is 24.8 Å². The highest BCUT2D eigenvalue weighted by atomic mass is 35.5. The van der Waals surface area contributed by atoms with E-state index in [1.807, 2.05) is 0 Å². The van der Waals surface area contributed by atoms with E-state index in [2.05, 4.69) is 17.3 Å². The number of hydrogen-bond acceptors (Lipinski definition) is 5. The first-order valence-electron chi connectivity index (χ1n) is 13.2. The smallest absolute Gasteiger partial charge is 0.389 e. The van der Waals surface area contributed by atoms with E-state index in [0.717, 1.165) is 25.7 Å². The zero-order valence-electron chi connectivity index (χ0n) is 23.3. The van der Waals surface area contributed by atoms with Gasteiger partial charge >= 0.3 is 24.4 Å². The zero-order chi connectivity index (χ0) is 31.0. The van der Waals surface area contributed by atoms with Crippen molar-refractivity contribution in [1.29, 1.82) is 0 Å². The molecule has 1 fully saturated rings. The SMILES string of the molecule is CCn1nc(C(=O)NCC2CCC(C)CC2)c(Cl)c1-c1ccc(CC(C)(C)CC(F)(F)F)cc1OC(F)F.O=S=O. The quantitative estimate of drug-likeness (QED) is 0.281. The van der Waals surface area contributed by atoms with Crippen LogP contribution >= 0.6 is 11.6 Å². The number of rotatable bonds is 10. The predicted molar refractivity (Wildman–Crippen MR) is 146 cm³/mol. The average Bonchev–Trinajstić information content (AvgIpc) is 3.18. The Morgan fingerprint density at radius 1 is 1.20 bits per heavy atom. The molecule has 1 aromatic heterocycles. The number of carbonyl (C=O) groups is 1. The normalized spacial score (nSPS) is 17.5. The largest absolute Gasteiger partial charge is 0.434 e. The predicted octanol–water partition coefficient (Wildman–Crippen LogP) is 7.23. The van der Waals surface area contributed by atoms with Gasteiger partial charge < -0.3 is 10.1 Å². The summed E-state index contributed by atoms with van der Waals surface area (Å²) in [5.74, 6) is 0.358. The van der Waals surface area contributed by atoms with E-state index in [0.29, 0.717) is 23.9 Å². The number of amides is 1. The number of aromatic nitrogens is 2. The molecule has 1 heterocycles. The van der Waals surface area contributed by atoms with Crippen molar-refractivity contribution in [3.05, 3.63) is 34.5 Å². The molecule has 1 saturated carbocycles. The Morgan fingerprint density at radius 2 is 1.80 bits per heavy atom. The van der Waals surface area contributed by atoms with Gasteiger partial charge in [0.15, 0.2) is 5.69 Å². The minimum Gasteiger partial charge on any atom is -0.434 e. The van der Waals surface area contributed by atoms with Gasteiger partial charge in [0.05, 0.1) is 10.7 Å². The van der Waals surface area contributed by atoms with E-state index < -0.39 is 42.1 Å². The maximum Gasteiger partial charge on any atom is 0.389 e. The Morgan fingerprint density at radius 3 is 2.34 bits per heavy atom. The molecule has 41 heavy (non-hydrogen) atoms. The van der Waals surface area contributed by atoms with Gasteiger partial charge in [0.2, 0.25) is 0 Å². The molecule has 3 rings (SSSR count). The summed E-state index contributed by atoms with van der Waals surface area (Å²) in [5, 5.41) is 7.22. The fourth-order valence-corrected chi connectivity index (χ4v) is 5.47. The summed E-state index contributed by atoms with van der Waals surface area (Å²) in [4.78, 5) is 13.0. The van der Waals surface area contributed by atoms with E-state index in [9.17, 15) is 26.7 Å². The van der Waals surface area contributed by atoms with Gasteiger partial charge in [-0.05, 0) is 61.1 Å². The second-order valence-electron chi connectivity index (χ2n) is 11.1. The summed E-state index contributed by atoms with van der Waals surface area (Å²) in [6.45, 7) is 4.52. The molecule has 1 N–H and O–H groups in total. The lowest BCUT2D eigenvalue weighted by atomic mass is 9.82. The van der Waals surface area contributed by atoms with Crippen molar-refractivity contribution in [3.8, 4) is 17.0 Å². The van der Waals surface area contributed by atoms with Gasteiger partial charge in [-0.3, -0.25) is 9.48 Å². The summed E-state index contributed by atoms with van der Waals surface area (Å²) in [5.41, 5.74) is -0.389. The number of halogens is 6. The summed E-state index contributed by atoms with van der Waals surface area (Å²) in [6, 6.07) is 4.32. The Balaban J connectivity index is 0.00000187. The molecule has 1 aromatic carbocycles.